The molecule has 1 aliphatic carbocycles. The number of aromatic nitrogens is 1. The number of hydrogen-bond donors (Lipinski definition) is 1. The zero-order valence-electron chi connectivity index (χ0n) is 15.6. The van der Waals surface area contributed by atoms with Crippen LogP contribution >= 0.6 is 0 Å². The Morgan fingerprint density at radius 1 is 1.19 bits per heavy atom. The summed E-state index contributed by atoms with van der Waals surface area (Å²) in [6.07, 6.45) is 6.29. The topological polar surface area (TPSA) is 87.9 Å². The first kappa shape index (κ1) is 18.4. The number of ether oxygens (including phenoxy) is 1. The highest BCUT2D eigenvalue weighted by atomic mass is 16.5. The lowest BCUT2D eigenvalue weighted by Gasteiger charge is -2.38. The number of amides is 2. The van der Waals surface area contributed by atoms with Crippen LogP contribution < -0.4 is 5.32 Å². The van der Waals surface area contributed by atoms with Crippen molar-refractivity contribution in [3.8, 4) is 0 Å². The highest BCUT2D eigenvalue weighted by Crippen LogP contribution is 2.31. The zero-order valence-corrected chi connectivity index (χ0v) is 15.6. The van der Waals surface area contributed by atoms with E-state index in [2.05, 4.69) is 19.9 Å². The Hall–Kier alpha value is -1.93. The second-order valence-corrected chi connectivity index (χ2v) is 8.01. The molecule has 1 aromatic heterocycles. The number of rotatable bonds is 7. The van der Waals surface area contributed by atoms with Gasteiger partial charge in [0.1, 0.15) is 12.9 Å². The van der Waals surface area contributed by atoms with E-state index in [1.54, 1.807) is 0 Å². The van der Waals surface area contributed by atoms with Gasteiger partial charge in [0.2, 0.25) is 5.91 Å². The first-order valence-electron chi connectivity index (χ1n) is 9.97. The summed E-state index contributed by atoms with van der Waals surface area (Å²) < 4.78 is 10.3. The van der Waals surface area contributed by atoms with E-state index >= 15 is 0 Å². The van der Waals surface area contributed by atoms with Gasteiger partial charge in [-0.05, 0) is 50.6 Å². The number of nitrogens with zero attached hydrogens (tertiary/aromatic N) is 3. The lowest BCUT2D eigenvalue weighted by Crippen LogP contribution is -2.52. The summed E-state index contributed by atoms with van der Waals surface area (Å²) >= 11 is 0. The quantitative estimate of drug-likeness (QED) is 0.756. The number of hydrogen-bond acceptors (Lipinski definition) is 6. The first-order chi connectivity index (χ1) is 13.2. The van der Waals surface area contributed by atoms with Crippen molar-refractivity contribution in [2.24, 2.45) is 11.8 Å². The molecular formula is C19H28N4O4. The molecule has 1 aromatic rings. The number of likely N-dealkylation sites (tertiary alicyclic amines) is 1. The molecular weight excluding hydrogens is 348 g/mol. The molecule has 1 unspecified atom stereocenters. The third-order valence-electron chi connectivity index (χ3n) is 5.78. The monoisotopic (exact) mass is 376 g/mol. The summed E-state index contributed by atoms with van der Waals surface area (Å²) in [6.45, 7) is 5.33. The van der Waals surface area contributed by atoms with Gasteiger partial charge in [0.25, 0.3) is 5.91 Å². The molecule has 2 saturated heterocycles. The van der Waals surface area contributed by atoms with Crippen molar-refractivity contribution < 1.29 is 18.8 Å². The van der Waals surface area contributed by atoms with Crippen LogP contribution in [0, 0.1) is 11.8 Å². The normalized spacial score (nSPS) is 25.0. The van der Waals surface area contributed by atoms with E-state index in [9.17, 15) is 9.59 Å². The molecule has 0 spiro atoms. The van der Waals surface area contributed by atoms with E-state index in [1.165, 1.54) is 31.7 Å². The molecule has 0 radical (unpaired) electrons. The van der Waals surface area contributed by atoms with Crippen LogP contribution in [0.5, 0.6) is 0 Å². The van der Waals surface area contributed by atoms with E-state index < -0.39 is 0 Å². The van der Waals surface area contributed by atoms with Gasteiger partial charge in [0.15, 0.2) is 5.69 Å². The highest BCUT2D eigenvalue weighted by molar-refractivity contribution is 5.91. The van der Waals surface area contributed by atoms with Crippen molar-refractivity contribution in [3.63, 3.8) is 0 Å². The maximum atomic E-state index is 12.2. The summed E-state index contributed by atoms with van der Waals surface area (Å²) in [6, 6.07) is 1.52. The molecule has 2 amide bonds. The van der Waals surface area contributed by atoms with E-state index in [4.69, 9.17) is 4.74 Å². The van der Waals surface area contributed by atoms with Crippen LogP contribution in [0.3, 0.4) is 0 Å². The summed E-state index contributed by atoms with van der Waals surface area (Å²) in [5, 5.41) is 6.41. The summed E-state index contributed by atoms with van der Waals surface area (Å²) in [5.74, 6) is 1.26. The smallest absolute Gasteiger partial charge is 0.273 e. The number of carbonyl (C=O) groups is 2. The highest BCUT2D eigenvalue weighted by Gasteiger charge is 2.31. The van der Waals surface area contributed by atoms with Gasteiger partial charge in [-0.15, -0.1) is 0 Å². The predicted molar refractivity (Wildman–Crippen MR) is 97.0 cm³/mol. The van der Waals surface area contributed by atoms with Crippen molar-refractivity contribution in [1.29, 1.82) is 0 Å². The van der Waals surface area contributed by atoms with E-state index in [0.29, 0.717) is 19.0 Å². The molecule has 148 valence electrons. The molecule has 3 aliphatic rings. The van der Waals surface area contributed by atoms with Crippen LogP contribution in [0.15, 0.2) is 16.9 Å². The van der Waals surface area contributed by atoms with Crippen molar-refractivity contribution in [1.82, 2.24) is 20.3 Å². The van der Waals surface area contributed by atoms with Crippen LogP contribution in [0.4, 0.5) is 0 Å². The fourth-order valence-electron chi connectivity index (χ4n) is 3.94. The van der Waals surface area contributed by atoms with Gasteiger partial charge in [0, 0.05) is 32.2 Å². The van der Waals surface area contributed by atoms with Crippen LogP contribution in [-0.4, -0.2) is 78.8 Å². The Morgan fingerprint density at radius 3 is 2.67 bits per heavy atom. The molecule has 2 aliphatic heterocycles. The lowest BCUT2D eigenvalue weighted by molar-refractivity contribution is -0.149. The van der Waals surface area contributed by atoms with Crippen LogP contribution in [0.25, 0.3) is 0 Å². The molecule has 3 fully saturated rings. The van der Waals surface area contributed by atoms with Crippen LogP contribution in [0.2, 0.25) is 0 Å². The van der Waals surface area contributed by atoms with Crippen molar-refractivity contribution in [3.05, 3.63) is 18.0 Å². The van der Waals surface area contributed by atoms with Gasteiger partial charge in [-0.3, -0.25) is 9.59 Å². The third-order valence-corrected chi connectivity index (χ3v) is 5.78. The second-order valence-electron chi connectivity index (χ2n) is 8.01. The lowest BCUT2D eigenvalue weighted by atomic mass is 9.95. The molecule has 8 nitrogen and oxygen atoms in total. The number of carbonyl (C=O) groups excluding carboxylic acids is 2. The summed E-state index contributed by atoms with van der Waals surface area (Å²) in [4.78, 5) is 28.7. The molecule has 0 bridgehead atoms. The number of morpholine rings is 1. The molecule has 1 N–H and O–H groups in total. The van der Waals surface area contributed by atoms with Crippen LogP contribution in [-0.2, 0) is 9.53 Å². The number of nitrogens with one attached hydrogen (secondary N) is 1. The molecule has 8 heteroatoms. The molecule has 1 atom stereocenters. The van der Waals surface area contributed by atoms with E-state index in [-0.39, 0.29) is 30.2 Å². The number of piperidine rings is 1. The van der Waals surface area contributed by atoms with Gasteiger partial charge in [-0.2, -0.15) is 0 Å². The second kappa shape index (κ2) is 8.39. The standard InChI is InChI=1S/C19H28N4O4/c24-18-13-26-16(9-20-19(25)17-5-8-27-21-17)12-23(18)11-15-3-6-22(7-4-15)10-14-1-2-14/h5,8,14-16H,1-4,6-7,9-13H2,(H,20,25). The Labute approximate surface area is 159 Å². The first-order valence-corrected chi connectivity index (χ1v) is 9.97. The van der Waals surface area contributed by atoms with Gasteiger partial charge in [-0.25, -0.2) is 0 Å². The van der Waals surface area contributed by atoms with Gasteiger partial charge in [-0.1, -0.05) is 5.16 Å². The summed E-state index contributed by atoms with van der Waals surface area (Å²) in [5.41, 5.74) is 0.247. The Morgan fingerprint density at radius 2 is 1.96 bits per heavy atom. The molecule has 27 heavy (non-hydrogen) atoms. The Balaban J connectivity index is 1.20. The minimum atomic E-state index is -0.293. The zero-order chi connectivity index (χ0) is 18.6. The minimum Gasteiger partial charge on any atom is -0.365 e. The molecule has 3 heterocycles. The average Bonchev–Trinajstić information content (AvgIpc) is 3.31. The minimum absolute atomic E-state index is 0.0505. The Bertz CT molecular complexity index is 638. The molecule has 0 aromatic carbocycles. The van der Waals surface area contributed by atoms with Gasteiger partial charge in [0.05, 0.1) is 6.10 Å². The average molecular weight is 376 g/mol. The third kappa shape index (κ3) is 5.07. The largest absolute Gasteiger partial charge is 0.365 e. The Kier molecular flexibility index (Phi) is 5.73. The fraction of sp³-hybridized carbons (Fsp3) is 0.737. The van der Waals surface area contributed by atoms with Crippen LogP contribution in [0.1, 0.15) is 36.2 Å². The maximum Gasteiger partial charge on any atom is 0.273 e. The van der Waals surface area contributed by atoms with Crippen molar-refractivity contribution >= 4 is 11.8 Å². The van der Waals surface area contributed by atoms with Gasteiger partial charge < -0.3 is 24.4 Å². The van der Waals surface area contributed by atoms with Crippen molar-refractivity contribution in [2.75, 3.05) is 45.9 Å². The molecule has 4 rings (SSSR count). The summed E-state index contributed by atoms with van der Waals surface area (Å²) in [7, 11) is 0. The van der Waals surface area contributed by atoms with E-state index in [0.717, 1.165) is 38.4 Å². The fourth-order valence-corrected chi connectivity index (χ4v) is 3.94. The SMILES string of the molecule is O=C(NCC1CN(CC2CCN(CC3CC3)CC2)C(=O)CO1)c1ccon1. The maximum absolute atomic E-state index is 12.2. The predicted octanol–water partition coefficient (Wildman–Crippen LogP) is 0.754. The molecule has 1 saturated carbocycles. The van der Waals surface area contributed by atoms with Gasteiger partial charge >= 0.3 is 0 Å². The van der Waals surface area contributed by atoms with Crippen molar-refractivity contribution in [2.45, 2.75) is 31.8 Å². The van der Waals surface area contributed by atoms with E-state index in [1.807, 2.05) is 4.90 Å².